The van der Waals surface area contributed by atoms with Crippen LogP contribution in [-0.2, 0) is 20.9 Å². The van der Waals surface area contributed by atoms with Gasteiger partial charge in [-0.1, -0.05) is 6.07 Å². The lowest BCUT2D eigenvalue weighted by Crippen LogP contribution is -2.54. The third-order valence-electron chi connectivity index (χ3n) is 10.2. The van der Waals surface area contributed by atoms with E-state index >= 15 is 0 Å². The Morgan fingerprint density at radius 2 is 1.78 bits per heavy atom. The molecule has 8 rings (SSSR count). The fraction of sp³-hybridized carbons (Fsp3) is 0.417. The molecule has 5 heterocycles. The summed E-state index contributed by atoms with van der Waals surface area (Å²) in [7, 11) is 0. The molecule has 2 aromatic carbocycles. The van der Waals surface area contributed by atoms with Crippen molar-refractivity contribution in [3.8, 4) is 11.3 Å². The number of nitrogens with zero attached hydrogens (tertiary/aromatic N) is 6. The molecular formula is C36H38N8O5. The zero-order valence-electron chi connectivity index (χ0n) is 27.1. The first-order valence-corrected chi connectivity index (χ1v) is 17.1. The number of aromatic nitrogens is 4. The number of nitrogens with one attached hydrogen (secondary N) is 2. The Morgan fingerprint density at radius 3 is 2.61 bits per heavy atom. The summed E-state index contributed by atoms with van der Waals surface area (Å²) in [6.45, 7) is 5.07. The van der Waals surface area contributed by atoms with E-state index in [2.05, 4.69) is 48.6 Å². The highest BCUT2D eigenvalue weighted by Crippen LogP contribution is 2.40. The van der Waals surface area contributed by atoms with E-state index in [1.165, 1.54) is 5.56 Å². The molecule has 1 saturated carbocycles. The second kappa shape index (κ2) is 13.1. The lowest BCUT2D eigenvalue weighted by atomic mass is 9.77. The summed E-state index contributed by atoms with van der Waals surface area (Å²) in [6.07, 6.45) is 10.2. The van der Waals surface area contributed by atoms with Crippen molar-refractivity contribution in [3.05, 3.63) is 71.7 Å². The summed E-state index contributed by atoms with van der Waals surface area (Å²) in [5.41, 5.74) is 6.11. The predicted octanol–water partition coefficient (Wildman–Crippen LogP) is 3.57. The van der Waals surface area contributed by atoms with E-state index in [1.54, 1.807) is 18.2 Å². The molecule has 2 N–H and O–H groups in total. The number of imide groups is 2. The average molecular weight is 663 g/mol. The maximum atomic E-state index is 13.1. The van der Waals surface area contributed by atoms with Crippen LogP contribution in [0.5, 0.6) is 0 Å². The van der Waals surface area contributed by atoms with Gasteiger partial charge in [-0.15, -0.1) is 0 Å². The van der Waals surface area contributed by atoms with Crippen molar-refractivity contribution < 1.29 is 23.9 Å². The number of benzene rings is 2. The number of fused-ring (bicyclic) bond motifs is 2. The van der Waals surface area contributed by atoms with Gasteiger partial charge in [0.1, 0.15) is 6.04 Å². The van der Waals surface area contributed by atoms with Crippen molar-refractivity contribution in [2.24, 2.45) is 5.92 Å². The molecule has 1 atom stereocenters. The number of anilines is 1. The summed E-state index contributed by atoms with van der Waals surface area (Å²) in [6, 6.07) is 10.8. The van der Waals surface area contributed by atoms with Crippen molar-refractivity contribution in [2.45, 2.75) is 57.2 Å². The molecule has 4 amide bonds. The molecule has 4 aliphatic rings. The molecule has 2 aromatic heterocycles. The summed E-state index contributed by atoms with van der Waals surface area (Å²) in [5.74, 6) is -1.38. The third kappa shape index (κ3) is 6.31. The van der Waals surface area contributed by atoms with Crippen LogP contribution in [0.1, 0.15) is 70.8 Å². The van der Waals surface area contributed by atoms with Gasteiger partial charge in [0.05, 0.1) is 59.5 Å². The second-order valence-corrected chi connectivity index (χ2v) is 13.4. The highest BCUT2D eigenvalue weighted by atomic mass is 16.5. The first-order chi connectivity index (χ1) is 23.9. The molecule has 13 heteroatoms. The Morgan fingerprint density at radius 1 is 0.939 bits per heavy atom. The molecule has 4 aromatic rings. The lowest BCUT2D eigenvalue weighted by molar-refractivity contribution is -0.136. The zero-order valence-corrected chi connectivity index (χ0v) is 27.1. The Hall–Kier alpha value is -5.01. The van der Waals surface area contributed by atoms with Crippen molar-refractivity contribution in [1.82, 2.24) is 34.9 Å². The molecule has 252 valence electrons. The smallest absolute Gasteiger partial charge is 0.262 e. The number of hydrogen-bond acceptors (Lipinski definition) is 10. The minimum atomic E-state index is -0.965. The number of carbonyl (C=O) groups is 4. The monoisotopic (exact) mass is 662 g/mol. The molecule has 13 nitrogen and oxygen atoms in total. The van der Waals surface area contributed by atoms with Gasteiger partial charge in [-0.3, -0.25) is 44.0 Å². The highest BCUT2D eigenvalue weighted by Gasteiger charge is 2.44. The largest absolute Gasteiger partial charge is 0.385 e. The van der Waals surface area contributed by atoms with Crippen LogP contribution in [0, 0.1) is 5.92 Å². The zero-order chi connectivity index (χ0) is 33.5. The number of hydrogen-bond donors (Lipinski definition) is 2. The fourth-order valence-corrected chi connectivity index (χ4v) is 7.34. The number of carbonyl (C=O) groups excluding carboxylic acids is 4. The van der Waals surface area contributed by atoms with E-state index in [1.807, 2.05) is 18.5 Å². The summed E-state index contributed by atoms with van der Waals surface area (Å²) >= 11 is 0. The minimum absolute atomic E-state index is 0.0963. The van der Waals surface area contributed by atoms with E-state index in [0.29, 0.717) is 12.0 Å². The molecule has 1 aliphatic carbocycles. The van der Waals surface area contributed by atoms with Crippen molar-refractivity contribution in [1.29, 1.82) is 0 Å². The van der Waals surface area contributed by atoms with Gasteiger partial charge >= 0.3 is 0 Å². The molecule has 1 unspecified atom stereocenters. The van der Waals surface area contributed by atoms with Crippen LogP contribution in [0.2, 0.25) is 0 Å². The van der Waals surface area contributed by atoms with Gasteiger partial charge in [-0.25, -0.2) is 4.98 Å². The Bertz CT molecular complexity index is 1950. The number of rotatable bonds is 10. The van der Waals surface area contributed by atoms with E-state index in [4.69, 9.17) is 9.72 Å². The third-order valence-corrected chi connectivity index (χ3v) is 10.2. The summed E-state index contributed by atoms with van der Waals surface area (Å²) < 4.78 is 7.54. The number of piperidine rings is 1. The quantitative estimate of drug-likeness (QED) is 0.191. The van der Waals surface area contributed by atoms with Crippen LogP contribution >= 0.6 is 0 Å². The molecular weight excluding hydrogens is 624 g/mol. The van der Waals surface area contributed by atoms with Crippen LogP contribution in [0.15, 0.2) is 55.0 Å². The molecule has 0 radical (unpaired) electrons. The van der Waals surface area contributed by atoms with Crippen molar-refractivity contribution >= 4 is 40.3 Å². The Kier molecular flexibility index (Phi) is 8.38. The van der Waals surface area contributed by atoms with Crippen LogP contribution in [-0.4, -0.2) is 92.1 Å². The van der Waals surface area contributed by atoms with E-state index in [-0.39, 0.29) is 24.0 Å². The van der Waals surface area contributed by atoms with E-state index < -0.39 is 29.7 Å². The number of ether oxygens (including phenoxy) is 1. The number of morpholine rings is 1. The topological polar surface area (TPSA) is 152 Å². The molecule has 2 saturated heterocycles. The first-order valence-electron chi connectivity index (χ1n) is 17.1. The van der Waals surface area contributed by atoms with Gasteiger partial charge in [-0.05, 0) is 73.9 Å². The van der Waals surface area contributed by atoms with E-state index in [9.17, 15) is 19.2 Å². The van der Waals surface area contributed by atoms with Gasteiger partial charge in [-0.2, -0.15) is 5.10 Å². The SMILES string of the molecule is O=C1CCC(N2C(=O)c3ccc(NCCCC4CC(n5cc(-c6cnc7ccc(CN8CCOCC8)cc7n6)cn5)C4)cc3C2=O)C(=O)N1. The fourth-order valence-electron chi connectivity index (χ4n) is 7.34. The predicted molar refractivity (Wildman–Crippen MR) is 179 cm³/mol. The summed E-state index contributed by atoms with van der Waals surface area (Å²) in [4.78, 5) is 62.9. The van der Waals surface area contributed by atoms with E-state index in [0.717, 1.165) is 98.0 Å². The molecule has 3 fully saturated rings. The lowest BCUT2D eigenvalue weighted by Gasteiger charge is -2.35. The number of amides is 4. The Balaban J connectivity index is 0.811. The average Bonchev–Trinajstić information content (AvgIpc) is 3.66. The molecule has 3 aliphatic heterocycles. The van der Waals surface area contributed by atoms with Crippen LogP contribution in [0.25, 0.3) is 22.3 Å². The van der Waals surface area contributed by atoms with Crippen LogP contribution in [0.3, 0.4) is 0 Å². The van der Waals surface area contributed by atoms with Gasteiger partial charge < -0.3 is 10.1 Å². The van der Waals surface area contributed by atoms with Gasteiger partial charge in [0.15, 0.2) is 0 Å². The van der Waals surface area contributed by atoms with Crippen molar-refractivity contribution in [2.75, 3.05) is 38.2 Å². The standard InChI is InChI=1S/C36H38N8O5/c45-33-8-7-32(34(46)41-33)44-35(47)27-5-4-25(17-28(27)36(44)48)37-9-1-2-22-14-26(15-22)43-21-24(18-39-43)31-19-38-29-6-3-23(16-30(29)40-31)20-42-10-12-49-13-11-42/h3-6,16-19,21-22,26,32,37H,1-2,7-15,20H2,(H,41,45,46). The van der Waals surface area contributed by atoms with Crippen molar-refractivity contribution in [3.63, 3.8) is 0 Å². The summed E-state index contributed by atoms with van der Waals surface area (Å²) in [5, 5.41) is 10.3. The molecule has 0 spiro atoms. The molecule has 49 heavy (non-hydrogen) atoms. The Labute approximate surface area is 283 Å². The minimum Gasteiger partial charge on any atom is -0.385 e. The van der Waals surface area contributed by atoms with Crippen LogP contribution < -0.4 is 10.6 Å². The van der Waals surface area contributed by atoms with Gasteiger partial charge in [0.25, 0.3) is 11.8 Å². The van der Waals surface area contributed by atoms with Gasteiger partial charge in [0, 0.05) is 50.0 Å². The highest BCUT2D eigenvalue weighted by molar-refractivity contribution is 6.23. The van der Waals surface area contributed by atoms with Gasteiger partial charge in [0.2, 0.25) is 11.8 Å². The first kappa shape index (κ1) is 31.3. The molecule has 0 bridgehead atoms. The maximum Gasteiger partial charge on any atom is 0.262 e. The van der Waals surface area contributed by atoms with Crippen LogP contribution in [0.4, 0.5) is 5.69 Å². The normalized spacial score (nSPS) is 22.7. The second-order valence-electron chi connectivity index (χ2n) is 13.4. The maximum absolute atomic E-state index is 13.1.